The topological polar surface area (TPSA) is 67.7 Å². The first-order valence-electron chi connectivity index (χ1n) is 9.11. The van der Waals surface area contributed by atoms with Crippen LogP contribution in [0.4, 0.5) is 10.1 Å². The van der Waals surface area contributed by atoms with Crippen LogP contribution in [0.3, 0.4) is 0 Å². The third-order valence-corrected chi connectivity index (χ3v) is 4.94. The van der Waals surface area contributed by atoms with E-state index in [1.807, 2.05) is 0 Å². The Morgan fingerprint density at radius 3 is 2.67 bits per heavy atom. The van der Waals surface area contributed by atoms with E-state index < -0.39 is 5.82 Å². The van der Waals surface area contributed by atoms with Crippen LogP contribution in [0.5, 0.6) is 5.75 Å². The third-order valence-electron chi connectivity index (χ3n) is 4.94. The standard InChI is InChI=1S/C19H21FN4O3/c20-16-5-1-2-6-17(16)27-15-11-23(12-15)19(26)13-24-18(25)9-14(10-21-24)22-7-3-4-8-22/h1-2,5-6,9-10,15H,3-4,7-8,11-13H2. The van der Waals surface area contributed by atoms with E-state index in [-0.39, 0.29) is 29.9 Å². The summed E-state index contributed by atoms with van der Waals surface area (Å²) in [6, 6.07) is 7.72. The van der Waals surface area contributed by atoms with E-state index in [1.165, 1.54) is 16.8 Å². The highest BCUT2D eigenvalue weighted by molar-refractivity contribution is 5.76. The van der Waals surface area contributed by atoms with E-state index in [0.29, 0.717) is 13.1 Å². The van der Waals surface area contributed by atoms with Gasteiger partial charge in [0.2, 0.25) is 5.91 Å². The number of benzene rings is 1. The molecule has 0 atom stereocenters. The van der Waals surface area contributed by atoms with Crippen molar-refractivity contribution in [1.29, 1.82) is 0 Å². The molecule has 142 valence electrons. The molecule has 0 N–H and O–H groups in total. The monoisotopic (exact) mass is 372 g/mol. The largest absolute Gasteiger partial charge is 0.484 e. The predicted octanol–water partition coefficient (Wildman–Crippen LogP) is 1.27. The Morgan fingerprint density at radius 2 is 1.96 bits per heavy atom. The van der Waals surface area contributed by atoms with E-state index in [2.05, 4.69) is 10.00 Å². The van der Waals surface area contributed by atoms with Crippen LogP contribution < -0.4 is 15.2 Å². The lowest BCUT2D eigenvalue weighted by Crippen LogP contribution is -2.57. The second-order valence-corrected chi connectivity index (χ2v) is 6.87. The Bertz CT molecular complexity index is 889. The van der Waals surface area contributed by atoms with Crippen molar-refractivity contribution in [2.24, 2.45) is 0 Å². The minimum atomic E-state index is -0.420. The summed E-state index contributed by atoms with van der Waals surface area (Å²) < 4.78 is 20.3. The molecule has 0 radical (unpaired) electrons. The normalized spacial score (nSPS) is 17.1. The molecule has 0 saturated carbocycles. The highest BCUT2D eigenvalue weighted by Gasteiger charge is 2.33. The lowest BCUT2D eigenvalue weighted by atomic mass is 10.1. The first-order chi connectivity index (χ1) is 13.1. The molecule has 3 heterocycles. The van der Waals surface area contributed by atoms with Crippen LogP contribution in [0.15, 0.2) is 41.3 Å². The molecule has 7 nitrogen and oxygen atoms in total. The maximum atomic E-state index is 13.6. The van der Waals surface area contributed by atoms with E-state index in [4.69, 9.17) is 4.74 Å². The van der Waals surface area contributed by atoms with Gasteiger partial charge in [-0.05, 0) is 25.0 Å². The van der Waals surface area contributed by atoms with E-state index in [9.17, 15) is 14.0 Å². The molecule has 0 unspecified atom stereocenters. The molecule has 27 heavy (non-hydrogen) atoms. The summed E-state index contributed by atoms with van der Waals surface area (Å²) in [6.07, 6.45) is 3.63. The van der Waals surface area contributed by atoms with E-state index >= 15 is 0 Å². The molecular formula is C19H21FN4O3. The molecule has 4 rings (SSSR count). The van der Waals surface area contributed by atoms with E-state index in [1.54, 1.807) is 29.3 Å². The van der Waals surface area contributed by atoms with Gasteiger partial charge in [-0.1, -0.05) is 12.1 Å². The smallest absolute Gasteiger partial charge is 0.269 e. The molecule has 2 aliphatic rings. The number of aromatic nitrogens is 2. The average Bonchev–Trinajstić information content (AvgIpc) is 3.15. The molecule has 2 aromatic rings. The first-order valence-corrected chi connectivity index (χ1v) is 9.11. The minimum absolute atomic E-state index is 0.106. The molecule has 1 amide bonds. The van der Waals surface area contributed by atoms with Gasteiger partial charge in [0, 0.05) is 19.2 Å². The number of nitrogens with zero attached hydrogens (tertiary/aromatic N) is 4. The Morgan fingerprint density at radius 1 is 1.22 bits per heavy atom. The van der Waals surface area contributed by atoms with Gasteiger partial charge in [0.25, 0.3) is 5.56 Å². The number of hydrogen-bond donors (Lipinski definition) is 0. The van der Waals surface area contributed by atoms with Crippen molar-refractivity contribution in [2.75, 3.05) is 31.1 Å². The van der Waals surface area contributed by atoms with Crippen LogP contribution in [0, 0.1) is 5.82 Å². The number of halogens is 1. The van der Waals surface area contributed by atoms with Crippen molar-refractivity contribution in [3.05, 3.63) is 52.7 Å². The molecule has 0 aliphatic carbocycles. The van der Waals surface area contributed by atoms with Crippen LogP contribution in [-0.4, -0.2) is 52.9 Å². The van der Waals surface area contributed by atoms with Gasteiger partial charge < -0.3 is 14.5 Å². The summed E-state index contributed by atoms with van der Waals surface area (Å²) in [4.78, 5) is 28.3. The second-order valence-electron chi connectivity index (χ2n) is 6.87. The quantitative estimate of drug-likeness (QED) is 0.791. The van der Waals surface area contributed by atoms with Crippen molar-refractivity contribution in [2.45, 2.75) is 25.5 Å². The lowest BCUT2D eigenvalue weighted by Gasteiger charge is -2.39. The van der Waals surface area contributed by atoms with Crippen LogP contribution >= 0.6 is 0 Å². The number of ether oxygens (including phenoxy) is 1. The van der Waals surface area contributed by atoms with Gasteiger partial charge in [-0.2, -0.15) is 5.10 Å². The molecule has 0 bridgehead atoms. The zero-order chi connectivity index (χ0) is 18.8. The first kappa shape index (κ1) is 17.5. The number of likely N-dealkylation sites (tertiary alicyclic amines) is 1. The highest BCUT2D eigenvalue weighted by Crippen LogP contribution is 2.21. The summed E-state index contributed by atoms with van der Waals surface area (Å²) in [7, 11) is 0. The fourth-order valence-electron chi connectivity index (χ4n) is 3.36. The van der Waals surface area contributed by atoms with E-state index in [0.717, 1.165) is 31.6 Å². The maximum absolute atomic E-state index is 13.6. The molecule has 1 aromatic carbocycles. The SMILES string of the molecule is O=C(Cn1ncc(N2CCCC2)cc1=O)N1CC(Oc2ccccc2F)C1. The molecule has 2 fully saturated rings. The fraction of sp³-hybridized carbons (Fsp3) is 0.421. The Labute approximate surface area is 156 Å². The maximum Gasteiger partial charge on any atom is 0.269 e. The zero-order valence-electron chi connectivity index (χ0n) is 14.9. The summed E-state index contributed by atoms with van der Waals surface area (Å²) in [5.41, 5.74) is 0.524. The number of amides is 1. The molecular weight excluding hydrogens is 351 g/mol. The Hall–Kier alpha value is -2.90. The number of para-hydroxylation sites is 1. The highest BCUT2D eigenvalue weighted by atomic mass is 19.1. The van der Waals surface area contributed by atoms with Gasteiger partial charge in [-0.15, -0.1) is 0 Å². The predicted molar refractivity (Wildman–Crippen MR) is 97.3 cm³/mol. The molecule has 2 aliphatic heterocycles. The zero-order valence-corrected chi connectivity index (χ0v) is 14.9. The van der Waals surface area contributed by atoms with Crippen molar-refractivity contribution in [3.8, 4) is 5.75 Å². The third kappa shape index (κ3) is 3.79. The number of anilines is 1. The van der Waals surface area contributed by atoms with Crippen molar-refractivity contribution in [3.63, 3.8) is 0 Å². The second kappa shape index (κ2) is 7.38. The van der Waals surface area contributed by atoms with Gasteiger partial charge >= 0.3 is 0 Å². The summed E-state index contributed by atoms with van der Waals surface area (Å²) in [5.74, 6) is -0.437. The molecule has 8 heteroatoms. The van der Waals surface area contributed by atoms with Gasteiger partial charge in [-0.3, -0.25) is 9.59 Å². The van der Waals surface area contributed by atoms with Crippen molar-refractivity contribution in [1.82, 2.24) is 14.7 Å². The lowest BCUT2D eigenvalue weighted by molar-refractivity contribution is -0.141. The van der Waals surface area contributed by atoms with Crippen LogP contribution in [-0.2, 0) is 11.3 Å². The fourth-order valence-corrected chi connectivity index (χ4v) is 3.36. The Kier molecular flexibility index (Phi) is 4.79. The van der Waals surface area contributed by atoms with Crippen molar-refractivity contribution < 1.29 is 13.9 Å². The number of rotatable bonds is 5. The Balaban J connectivity index is 1.31. The molecule has 2 saturated heterocycles. The average molecular weight is 372 g/mol. The minimum Gasteiger partial charge on any atom is -0.484 e. The van der Waals surface area contributed by atoms with Gasteiger partial charge in [0.1, 0.15) is 12.6 Å². The molecule has 1 aromatic heterocycles. The number of hydrogen-bond acceptors (Lipinski definition) is 5. The van der Waals surface area contributed by atoms with Crippen molar-refractivity contribution >= 4 is 11.6 Å². The summed E-state index contributed by atoms with van der Waals surface area (Å²) >= 11 is 0. The van der Waals surface area contributed by atoms with Crippen LogP contribution in [0.25, 0.3) is 0 Å². The number of carbonyl (C=O) groups excluding carboxylic acids is 1. The molecule has 0 spiro atoms. The van der Waals surface area contributed by atoms with Crippen LogP contribution in [0.2, 0.25) is 0 Å². The number of carbonyl (C=O) groups is 1. The van der Waals surface area contributed by atoms with Crippen LogP contribution in [0.1, 0.15) is 12.8 Å². The summed E-state index contributed by atoms with van der Waals surface area (Å²) in [6.45, 7) is 2.50. The van der Waals surface area contributed by atoms with Gasteiger partial charge in [0.15, 0.2) is 11.6 Å². The van der Waals surface area contributed by atoms with Gasteiger partial charge in [0.05, 0.1) is 25.0 Å². The summed E-state index contributed by atoms with van der Waals surface area (Å²) in [5, 5.41) is 4.14. The van der Waals surface area contributed by atoms with Gasteiger partial charge in [-0.25, -0.2) is 9.07 Å².